The van der Waals surface area contributed by atoms with Crippen molar-refractivity contribution in [2.45, 2.75) is 32.1 Å². The van der Waals surface area contributed by atoms with Crippen LogP contribution in [-0.4, -0.2) is 48.6 Å². The molecule has 0 aromatic carbocycles. The summed E-state index contributed by atoms with van der Waals surface area (Å²) in [6.07, 6.45) is 1.72. The molecule has 2 aromatic rings. The zero-order valence-corrected chi connectivity index (χ0v) is 15.0. The first kappa shape index (κ1) is 16.3. The number of amides is 1. The predicted molar refractivity (Wildman–Crippen MR) is 93.1 cm³/mol. The summed E-state index contributed by atoms with van der Waals surface area (Å²) in [6.45, 7) is 6.30. The topological polar surface area (TPSA) is 63.2 Å². The van der Waals surface area contributed by atoms with Crippen LogP contribution in [0.5, 0.6) is 0 Å². The van der Waals surface area contributed by atoms with E-state index in [0.29, 0.717) is 17.2 Å². The molecule has 5 nitrogen and oxygen atoms in total. The second kappa shape index (κ2) is 6.49. The van der Waals surface area contributed by atoms with E-state index in [1.165, 1.54) is 11.3 Å². The van der Waals surface area contributed by atoms with Gasteiger partial charge in [-0.25, -0.2) is 4.98 Å². The largest absolute Gasteiger partial charge is 0.333 e. The number of rotatable bonds is 2. The van der Waals surface area contributed by atoms with Crippen LogP contribution in [0.3, 0.4) is 0 Å². The van der Waals surface area contributed by atoms with Gasteiger partial charge in [-0.3, -0.25) is 14.0 Å². The molecule has 23 heavy (non-hydrogen) atoms. The standard InChI is InChI=1S/C16H19N3O2S2/c1-10-14(22-15(18-10)13-6-4-5-7-17-13)16(20)19-8-9-23(21)12(3)11(19)2/h4-7,11-12H,8-9H2,1-3H3/t11-,12-,23+/m1/s1. The first-order valence-electron chi connectivity index (χ1n) is 7.56. The molecule has 2 aromatic heterocycles. The van der Waals surface area contributed by atoms with Gasteiger partial charge in [0.25, 0.3) is 5.91 Å². The lowest BCUT2D eigenvalue weighted by molar-refractivity contribution is 0.0699. The highest BCUT2D eigenvalue weighted by molar-refractivity contribution is 7.85. The molecule has 3 heterocycles. The predicted octanol–water partition coefficient (Wildman–Crippen LogP) is 2.50. The Bertz CT molecular complexity index is 745. The Morgan fingerprint density at radius 2 is 2.17 bits per heavy atom. The van der Waals surface area contributed by atoms with E-state index in [9.17, 15) is 9.00 Å². The number of thiazole rings is 1. The fraction of sp³-hybridized carbons (Fsp3) is 0.438. The maximum Gasteiger partial charge on any atom is 0.266 e. The summed E-state index contributed by atoms with van der Waals surface area (Å²) in [6, 6.07) is 5.62. The van der Waals surface area contributed by atoms with Gasteiger partial charge in [-0.15, -0.1) is 11.3 Å². The third kappa shape index (κ3) is 3.07. The smallest absolute Gasteiger partial charge is 0.266 e. The summed E-state index contributed by atoms with van der Waals surface area (Å²) in [5.41, 5.74) is 1.51. The minimum absolute atomic E-state index is 0.00353. The lowest BCUT2D eigenvalue weighted by atomic mass is 10.2. The Morgan fingerprint density at radius 3 is 2.87 bits per heavy atom. The summed E-state index contributed by atoms with van der Waals surface area (Å²) >= 11 is 1.38. The highest BCUT2D eigenvalue weighted by Crippen LogP contribution is 2.29. The van der Waals surface area contributed by atoms with E-state index >= 15 is 0 Å². The zero-order chi connectivity index (χ0) is 16.6. The number of hydrogen-bond donors (Lipinski definition) is 0. The number of carbonyl (C=O) groups excluding carboxylic acids is 1. The second-order valence-electron chi connectivity index (χ2n) is 5.68. The van der Waals surface area contributed by atoms with Crippen molar-refractivity contribution in [3.8, 4) is 10.7 Å². The molecule has 0 aliphatic carbocycles. The van der Waals surface area contributed by atoms with Gasteiger partial charge in [0.05, 0.1) is 16.6 Å². The lowest BCUT2D eigenvalue weighted by Gasteiger charge is -2.37. The van der Waals surface area contributed by atoms with E-state index < -0.39 is 10.8 Å². The molecule has 7 heteroatoms. The molecule has 0 N–H and O–H groups in total. The lowest BCUT2D eigenvalue weighted by Crippen LogP contribution is -2.52. The fourth-order valence-electron chi connectivity index (χ4n) is 2.66. The maximum absolute atomic E-state index is 12.9. The van der Waals surface area contributed by atoms with Crippen LogP contribution in [0.1, 0.15) is 29.2 Å². The third-order valence-electron chi connectivity index (χ3n) is 4.25. The summed E-state index contributed by atoms with van der Waals surface area (Å²) in [5, 5.41) is 0.754. The fourth-order valence-corrected chi connectivity index (χ4v) is 5.00. The molecule has 3 atom stereocenters. The maximum atomic E-state index is 12.9. The highest BCUT2D eigenvalue weighted by atomic mass is 32.2. The van der Waals surface area contributed by atoms with Crippen molar-refractivity contribution in [2.24, 2.45) is 0 Å². The number of hydrogen-bond acceptors (Lipinski definition) is 5. The SMILES string of the molecule is Cc1nc(-c2ccccn2)sc1C(=O)N1CC[S@](=O)[C@H](C)[C@H]1C. The van der Waals surface area contributed by atoms with Crippen molar-refractivity contribution in [3.05, 3.63) is 35.0 Å². The molecule has 0 saturated carbocycles. The molecule has 0 radical (unpaired) electrons. The van der Waals surface area contributed by atoms with Crippen molar-refractivity contribution in [1.82, 2.24) is 14.9 Å². The van der Waals surface area contributed by atoms with Crippen molar-refractivity contribution in [3.63, 3.8) is 0 Å². The molecule has 1 fully saturated rings. The van der Waals surface area contributed by atoms with Crippen LogP contribution in [0.4, 0.5) is 0 Å². The van der Waals surface area contributed by atoms with E-state index in [-0.39, 0.29) is 17.2 Å². The first-order valence-corrected chi connectivity index (χ1v) is 9.76. The number of carbonyl (C=O) groups is 1. The summed E-state index contributed by atoms with van der Waals surface area (Å²) in [4.78, 5) is 24.2. The third-order valence-corrected chi connectivity index (χ3v) is 7.23. The Hall–Kier alpha value is -1.60. The van der Waals surface area contributed by atoms with Gasteiger partial charge in [-0.2, -0.15) is 0 Å². The molecule has 1 aliphatic rings. The monoisotopic (exact) mass is 349 g/mol. The highest BCUT2D eigenvalue weighted by Gasteiger charge is 2.34. The van der Waals surface area contributed by atoms with Crippen molar-refractivity contribution >= 4 is 28.0 Å². The van der Waals surface area contributed by atoms with Crippen LogP contribution < -0.4 is 0 Å². The number of aromatic nitrogens is 2. The molecular formula is C16H19N3O2S2. The van der Waals surface area contributed by atoms with Crippen LogP contribution in [0, 0.1) is 6.92 Å². The van der Waals surface area contributed by atoms with Gasteiger partial charge < -0.3 is 4.90 Å². The van der Waals surface area contributed by atoms with Gasteiger partial charge in [0.2, 0.25) is 0 Å². The quantitative estimate of drug-likeness (QED) is 0.836. The van der Waals surface area contributed by atoms with Crippen LogP contribution in [0.2, 0.25) is 0 Å². The average molecular weight is 349 g/mol. The van der Waals surface area contributed by atoms with E-state index in [0.717, 1.165) is 16.4 Å². The number of aryl methyl sites for hydroxylation is 1. The Labute approximate surface area is 142 Å². The van der Waals surface area contributed by atoms with Gasteiger partial charge in [-0.05, 0) is 32.9 Å². The molecule has 0 spiro atoms. The Balaban J connectivity index is 1.89. The minimum atomic E-state index is -0.855. The number of nitrogens with zero attached hydrogens (tertiary/aromatic N) is 3. The van der Waals surface area contributed by atoms with Gasteiger partial charge in [0, 0.05) is 35.3 Å². The van der Waals surface area contributed by atoms with Gasteiger partial charge in [0.15, 0.2) is 0 Å². The van der Waals surface area contributed by atoms with Crippen LogP contribution in [0.25, 0.3) is 10.7 Å². The molecule has 1 aliphatic heterocycles. The average Bonchev–Trinajstić information content (AvgIpc) is 2.95. The molecule has 0 unspecified atom stereocenters. The molecule has 1 amide bonds. The normalized spacial score (nSPS) is 24.7. The van der Waals surface area contributed by atoms with Crippen LogP contribution >= 0.6 is 11.3 Å². The van der Waals surface area contributed by atoms with E-state index in [2.05, 4.69) is 9.97 Å². The number of pyridine rings is 1. The molecular weight excluding hydrogens is 330 g/mol. The van der Waals surface area contributed by atoms with Gasteiger partial charge in [0.1, 0.15) is 9.88 Å². The molecule has 122 valence electrons. The summed E-state index contributed by atoms with van der Waals surface area (Å²) in [7, 11) is -0.855. The second-order valence-corrected chi connectivity index (χ2v) is 8.59. The summed E-state index contributed by atoms with van der Waals surface area (Å²) < 4.78 is 11.9. The van der Waals surface area contributed by atoms with Gasteiger partial charge in [-0.1, -0.05) is 6.07 Å². The molecule has 3 rings (SSSR count). The Kier molecular flexibility index (Phi) is 4.59. The first-order chi connectivity index (χ1) is 11.0. The van der Waals surface area contributed by atoms with Crippen LogP contribution in [-0.2, 0) is 10.8 Å². The van der Waals surface area contributed by atoms with Crippen LogP contribution in [0.15, 0.2) is 24.4 Å². The van der Waals surface area contributed by atoms with Crippen molar-refractivity contribution < 1.29 is 9.00 Å². The Morgan fingerprint density at radius 1 is 1.39 bits per heavy atom. The van der Waals surface area contributed by atoms with Gasteiger partial charge >= 0.3 is 0 Å². The van der Waals surface area contributed by atoms with E-state index in [1.807, 2.05) is 43.9 Å². The molecule has 0 bridgehead atoms. The van der Waals surface area contributed by atoms with E-state index in [4.69, 9.17) is 0 Å². The van der Waals surface area contributed by atoms with Crippen molar-refractivity contribution in [2.75, 3.05) is 12.3 Å². The summed E-state index contributed by atoms with van der Waals surface area (Å²) in [5.74, 6) is 0.528. The van der Waals surface area contributed by atoms with E-state index in [1.54, 1.807) is 6.20 Å². The molecule has 1 saturated heterocycles. The minimum Gasteiger partial charge on any atom is -0.333 e. The zero-order valence-electron chi connectivity index (χ0n) is 13.4. The van der Waals surface area contributed by atoms with Crippen molar-refractivity contribution in [1.29, 1.82) is 0 Å².